The molecule has 0 aromatic heterocycles. The number of hydrogen-bond donors (Lipinski definition) is 0. The molecule has 3 rings (SSSR count). The van der Waals surface area contributed by atoms with Crippen LogP contribution < -0.4 is 0 Å². The quantitative estimate of drug-likeness (QED) is 0.606. The molecule has 0 radical (unpaired) electrons. The molecule has 1 aliphatic carbocycles. The van der Waals surface area contributed by atoms with E-state index in [0.29, 0.717) is 5.41 Å². The molecule has 0 amide bonds. The Morgan fingerprint density at radius 2 is 1.81 bits per heavy atom. The summed E-state index contributed by atoms with van der Waals surface area (Å²) in [6.07, 6.45) is 3.78. The lowest BCUT2D eigenvalue weighted by molar-refractivity contribution is 0.316. The SMILES string of the molecule is CC1(C)CCc2c(ccc3ccccc23)C1. The van der Waals surface area contributed by atoms with Crippen molar-refractivity contribution in [2.24, 2.45) is 5.41 Å². The molecule has 0 saturated carbocycles. The Hall–Kier alpha value is -1.30. The fourth-order valence-electron chi connectivity index (χ4n) is 2.91. The highest BCUT2D eigenvalue weighted by Crippen LogP contribution is 2.37. The second kappa shape index (κ2) is 3.35. The van der Waals surface area contributed by atoms with Gasteiger partial charge in [-0.3, -0.25) is 0 Å². The van der Waals surface area contributed by atoms with E-state index >= 15 is 0 Å². The number of fused-ring (bicyclic) bond motifs is 3. The zero-order chi connectivity index (χ0) is 11.2. The third kappa shape index (κ3) is 1.53. The van der Waals surface area contributed by atoms with Gasteiger partial charge < -0.3 is 0 Å². The molecule has 1 aliphatic rings. The molecule has 0 heteroatoms. The van der Waals surface area contributed by atoms with E-state index in [1.54, 1.807) is 11.1 Å². The van der Waals surface area contributed by atoms with Gasteiger partial charge in [-0.1, -0.05) is 50.2 Å². The summed E-state index contributed by atoms with van der Waals surface area (Å²) in [5, 5.41) is 2.86. The van der Waals surface area contributed by atoms with Gasteiger partial charge in [0.15, 0.2) is 0 Å². The first kappa shape index (κ1) is 9.89. The van der Waals surface area contributed by atoms with Crippen molar-refractivity contribution in [3.8, 4) is 0 Å². The molecule has 0 saturated heterocycles. The summed E-state index contributed by atoms with van der Waals surface area (Å²) in [6, 6.07) is 13.4. The zero-order valence-corrected chi connectivity index (χ0v) is 10.1. The monoisotopic (exact) mass is 210 g/mol. The molecule has 0 spiro atoms. The molecular weight excluding hydrogens is 192 g/mol. The molecule has 2 aromatic carbocycles. The van der Waals surface area contributed by atoms with Gasteiger partial charge in [0.25, 0.3) is 0 Å². The highest BCUT2D eigenvalue weighted by molar-refractivity contribution is 5.87. The predicted molar refractivity (Wildman–Crippen MR) is 69.8 cm³/mol. The summed E-state index contributed by atoms with van der Waals surface area (Å²) in [6.45, 7) is 4.76. The number of rotatable bonds is 0. The first-order valence-electron chi connectivity index (χ1n) is 6.15. The molecule has 0 N–H and O–H groups in total. The standard InChI is InChI=1S/C16H18/c1-16(2)10-9-15-13(11-16)8-7-12-5-3-4-6-14(12)15/h3-8H,9-11H2,1-2H3. The maximum Gasteiger partial charge on any atom is -0.0149 e. The van der Waals surface area contributed by atoms with Gasteiger partial charge in [-0.2, -0.15) is 0 Å². The predicted octanol–water partition coefficient (Wildman–Crippen LogP) is 4.35. The van der Waals surface area contributed by atoms with Crippen LogP contribution in [0.3, 0.4) is 0 Å². The molecule has 82 valence electrons. The van der Waals surface area contributed by atoms with Gasteiger partial charge in [-0.25, -0.2) is 0 Å². The summed E-state index contributed by atoms with van der Waals surface area (Å²) in [5.74, 6) is 0. The first-order chi connectivity index (χ1) is 7.66. The van der Waals surface area contributed by atoms with E-state index in [1.165, 1.54) is 30.0 Å². The lowest BCUT2D eigenvalue weighted by Crippen LogP contribution is -2.22. The molecule has 0 fully saturated rings. The Bertz CT molecular complexity index is 535. The van der Waals surface area contributed by atoms with Crippen molar-refractivity contribution < 1.29 is 0 Å². The van der Waals surface area contributed by atoms with Crippen molar-refractivity contribution in [3.05, 3.63) is 47.5 Å². The van der Waals surface area contributed by atoms with Crippen molar-refractivity contribution in [2.45, 2.75) is 33.1 Å². The molecule has 0 nitrogen and oxygen atoms in total. The molecule has 16 heavy (non-hydrogen) atoms. The first-order valence-corrected chi connectivity index (χ1v) is 6.15. The van der Waals surface area contributed by atoms with Crippen molar-refractivity contribution in [2.75, 3.05) is 0 Å². The molecule has 0 unspecified atom stereocenters. The molecule has 0 bridgehead atoms. The lowest BCUT2D eigenvalue weighted by atomic mass is 9.73. The van der Waals surface area contributed by atoms with Crippen LogP contribution in [-0.4, -0.2) is 0 Å². The number of aryl methyl sites for hydroxylation is 1. The largest absolute Gasteiger partial charge is 0.0616 e. The third-order valence-electron chi connectivity index (χ3n) is 3.86. The fraction of sp³-hybridized carbons (Fsp3) is 0.375. The number of benzene rings is 2. The Kier molecular flexibility index (Phi) is 2.07. The van der Waals surface area contributed by atoms with Crippen LogP contribution in [0.1, 0.15) is 31.4 Å². The molecule has 0 atom stereocenters. The van der Waals surface area contributed by atoms with Crippen LogP contribution in [0.5, 0.6) is 0 Å². The van der Waals surface area contributed by atoms with Crippen molar-refractivity contribution in [1.82, 2.24) is 0 Å². The van der Waals surface area contributed by atoms with E-state index < -0.39 is 0 Å². The van der Waals surface area contributed by atoms with Crippen molar-refractivity contribution in [1.29, 1.82) is 0 Å². The van der Waals surface area contributed by atoms with Gasteiger partial charge in [0.2, 0.25) is 0 Å². The van der Waals surface area contributed by atoms with Crippen LogP contribution in [0.15, 0.2) is 36.4 Å². The van der Waals surface area contributed by atoms with Gasteiger partial charge in [-0.05, 0) is 46.6 Å². The maximum absolute atomic E-state index is 2.38. The second-order valence-corrected chi connectivity index (χ2v) is 5.77. The summed E-state index contributed by atoms with van der Waals surface area (Å²) >= 11 is 0. The van der Waals surface area contributed by atoms with Gasteiger partial charge in [0.1, 0.15) is 0 Å². The maximum atomic E-state index is 2.38. The van der Waals surface area contributed by atoms with Gasteiger partial charge in [0.05, 0.1) is 0 Å². The van der Waals surface area contributed by atoms with E-state index in [2.05, 4.69) is 50.2 Å². The minimum atomic E-state index is 0.482. The van der Waals surface area contributed by atoms with Crippen LogP contribution >= 0.6 is 0 Å². The summed E-state index contributed by atoms with van der Waals surface area (Å²) in [5.41, 5.74) is 3.64. The highest BCUT2D eigenvalue weighted by Gasteiger charge is 2.25. The van der Waals surface area contributed by atoms with E-state index in [-0.39, 0.29) is 0 Å². The fourth-order valence-corrected chi connectivity index (χ4v) is 2.91. The Labute approximate surface area is 97.3 Å². The van der Waals surface area contributed by atoms with E-state index in [4.69, 9.17) is 0 Å². The van der Waals surface area contributed by atoms with Crippen molar-refractivity contribution in [3.63, 3.8) is 0 Å². The summed E-state index contributed by atoms with van der Waals surface area (Å²) in [4.78, 5) is 0. The Balaban J connectivity index is 2.22. The van der Waals surface area contributed by atoms with Crippen molar-refractivity contribution >= 4 is 10.8 Å². The van der Waals surface area contributed by atoms with Crippen LogP contribution in [0.4, 0.5) is 0 Å². The van der Waals surface area contributed by atoms with Gasteiger partial charge in [0, 0.05) is 0 Å². The smallest absolute Gasteiger partial charge is 0.0149 e. The van der Waals surface area contributed by atoms with Crippen LogP contribution in [0.2, 0.25) is 0 Å². The normalized spacial score (nSPS) is 18.4. The third-order valence-corrected chi connectivity index (χ3v) is 3.86. The molecule has 2 aromatic rings. The lowest BCUT2D eigenvalue weighted by Gasteiger charge is -2.32. The molecule has 0 heterocycles. The summed E-state index contributed by atoms with van der Waals surface area (Å²) in [7, 11) is 0. The number of hydrogen-bond acceptors (Lipinski definition) is 0. The van der Waals surface area contributed by atoms with Crippen LogP contribution in [0.25, 0.3) is 10.8 Å². The second-order valence-electron chi connectivity index (χ2n) is 5.77. The topological polar surface area (TPSA) is 0 Å². The summed E-state index contributed by atoms with van der Waals surface area (Å²) < 4.78 is 0. The Morgan fingerprint density at radius 3 is 2.69 bits per heavy atom. The molecule has 0 aliphatic heterocycles. The van der Waals surface area contributed by atoms with E-state index in [1.807, 2.05) is 0 Å². The van der Waals surface area contributed by atoms with E-state index in [0.717, 1.165) is 0 Å². The van der Waals surface area contributed by atoms with Gasteiger partial charge in [-0.15, -0.1) is 0 Å². The van der Waals surface area contributed by atoms with E-state index in [9.17, 15) is 0 Å². The van der Waals surface area contributed by atoms with Crippen LogP contribution in [0, 0.1) is 5.41 Å². The average molecular weight is 210 g/mol. The minimum absolute atomic E-state index is 0.482. The van der Waals surface area contributed by atoms with Gasteiger partial charge >= 0.3 is 0 Å². The Morgan fingerprint density at radius 1 is 1.00 bits per heavy atom. The average Bonchev–Trinajstić information content (AvgIpc) is 2.27. The zero-order valence-electron chi connectivity index (χ0n) is 10.1. The molecular formula is C16H18. The minimum Gasteiger partial charge on any atom is -0.0616 e. The van der Waals surface area contributed by atoms with Crippen LogP contribution in [-0.2, 0) is 12.8 Å². The highest BCUT2D eigenvalue weighted by atomic mass is 14.3.